The molecule has 0 aliphatic rings. The number of aromatic nitrogens is 3. The number of thiazole rings is 1. The first-order valence-electron chi connectivity index (χ1n) is 8.53. The van der Waals surface area contributed by atoms with Crippen molar-refractivity contribution in [2.45, 2.75) is 33.9 Å². The van der Waals surface area contributed by atoms with Gasteiger partial charge >= 0.3 is 0 Å². The Hall–Kier alpha value is -1.96. The molecule has 0 aliphatic carbocycles. The van der Waals surface area contributed by atoms with Gasteiger partial charge in [-0.15, -0.1) is 0 Å². The van der Waals surface area contributed by atoms with E-state index in [0.717, 1.165) is 22.5 Å². The zero-order valence-electron chi connectivity index (χ0n) is 15.0. The topological polar surface area (TPSA) is 61.4 Å². The summed E-state index contributed by atoms with van der Waals surface area (Å²) in [6, 6.07) is 7.44. The Morgan fingerprint density at radius 1 is 1.35 bits per heavy atom. The van der Waals surface area contributed by atoms with Crippen LogP contribution in [0.2, 0.25) is 5.02 Å². The minimum Gasteiger partial charge on any atom is -0.380 e. The monoisotopic (exact) mass is 392 g/mol. The molecule has 0 aliphatic heterocycles. The van der Waals surface area contributed by atoms with Crippen LogP contribution in [0.1, 0.15) is 30.0 Å². The van der Waals surface area contributed by atoms with E-state index in [0.29, 0.717) is 35.3 Å². The fourth-order valence-electron chi connectivity index (χ4n) is 2.73. The lowest BCUT2D eigenvalue weighted by Gasteiger charge is -2.05. The number of halogens is 1. The Kier molecular flexibility index (Phi) is 5.90. The number of carbonyl (C=O) groups excluding carboxylic acids is 1. The van der Waals surface area contributed by atoms with Gasteiger partial charge in [-0.3, -0.25) is 9.48 Å². The van der Waals surface area contributed by atoms with Gasteiger partial charge in [-0.05, 0) is 45.0 Å². The molecule has 0 saturated carbocycles. The molecule has 2 aromatic heterocycles. The van der Waals surface area contributed by atoms with Crippen molar-refractivity contribution in [2.75, 3.05) is 13.2 Å². The first-order chi connectivity index (χ1) is 12.5. The molecule has 138 valence electrons. The van der Waals surface area contributed by atoms with Crippen molar-refractivity contribution in [3.8, 4) is 0 Å². The maximum Gasteiger partial charge on any atom is 0.300 e. The molecular formula is C18H21ClN4O2S. The minimum absolute atomic E-state index is 0.344. The summed E-state index contributed by atoms with van der Waals surface area (Å²) in [6.45, 7) is 8.40. The third-order valence-electron chi connectivity index (χ3n) is 4.01. The standard InChI is InChI=1S/C18H21ClN4O2S/c1-4-23-12(3)10-14(21-23)17(24)20-18-22(8-9-25-5-2)15-7-6-13(19)11-16(15)26-18/h6-7,10-11H,4-5,8-9H2,1-3H3. The Morgan fingerprint density at radius 2 is 2.15 bits per heavy atom. The van der Waals surface area contributed by atoms with Crippen LogP contribution in [-0.2, 0) is 17.8 Å². The molecule has 3 rings (SSSR count). The van der Waals surface area contributed by atoms with Crippen molar-refractivity contribution in [3.63, 3.8) is 0 Å². The van der Waals surface area contributed by atoms with Crippen molar-refractivity contribution in [1.29, 1.82) is 0 Å². The van der Waals surface area contributed by atoms with Crippen molar-refractivity contribution >= 4 is 39.1 Å². The molecule has 0 radical (unpaired) electrons. The van der Waals surface area contributed by atoms with Gasteiger partial charge in [0.2, 0.25) is 0 Å². The lowest BCUT2D eigenvalue weighted by Crippen LogP contribution is -2.20. The van der Waals surface area contributed by atoms with E-state index in [1.165, 1.54) is 11.3 Å². The van der Waals surface area contributed by atoms with Crippen LogP contribution in [0.15, 0.2) is 29.3 Å². The first-order valence-corrected chi connectivity index (χ1v) is 9.73. The molecule has 0 atom stereocenters. The number of fused-ring (bicyclic) bond motifs is 1. The molecule has 6 nitrogen and oxygen atoms in total. The predicted molar refractivity (Wildman–Crippen MR) is 104 cm³/mol. The Balaban J connectivity index is 2.04. The second-order valence-electron chi connectivity index (χ2n) is 5.75. The molecule has 0 spiro atoms. The first kappa shape index (κ1) is 18.8. The van der Waals surface area contributed by atoms with E-state index in [1.54, 1.807) is 10.7 Å². The number of ether oxygens (including phenoxy) is 1. The normalized spacial score (nSPS) is 12.2. The number of aryl methyl sites for hydroxylation is 2. The summed E-state index contributed by atoms with van der Waals surface area (Å²) in [5.74, 6) is -0.344. The summed E-state index contributed by atoms with van der Waals surface area (Å²) >= 11 is 7.54. The summed E-state index contributed by atoms with van der Waals surface area (Å²) < 4.78 is 10.2. The van der Waals surface area contributed by atoms with Crippen LogP contribution in [-0.4, -0.2) is 33.5 Å². The van der Waals surface area contributed by atoms with Crippen LogP contribution in [0.3, 0.4) is 0 Å². The predicted octanol–water partition coefficient (Wildman–Crippen LogP) is 3.66. The van der Waals surface area contributed by atoms with Gasteiger partial charge in [-0.25, -0.2) is 0 Å². The Bertz CT molecular complexity index is 1000. The van der Waals surface area contributed by atoms with Gasteiger partial charge in [-0.2, -0.15) is 10.1 Å². The highest BCUT2D eigenvalue weighted by atomic mass is 35.5. The number of benzene rings is 1. The average molecular weight is 393 g/mol. The number of hydrogen-bond acceptors (Lipinski definition) is 4. The van der Waals surface area contributed by atoms with E-state index in [9.17, 15) is 4.79 Å². The summed E-state index contributed by atoms with van der Waals surface area (Å²) in [4.78, 5) is 17.6. The number of amides is 1. The van der Waals surface area contributed by atoms with E-state index in [-0.39, 0.29) is 5.91 Å². The third-order valence-corrected chi connectivity index (χ3v) is 5.28. The average Bonchev–Trinajstić information content (AvgIpc) is 3.15. The maximum absolute atomic E-state index is 12.6. The highest BCUT2D eigenvalue weighted by molar-refractivity contribution is 7.16. The quantitative estimate of drug-likeness (QED) is 0.601. The van der Waals surface area contributed by atoms with Gasteiger partial charge in [0.05, 0.1) is 16.8 Å². The van der Waals surface area contributed by atoms with Crippen LogP contribution in [0, 0.1) is 6.92 Å². The highest BCUT2D eigenvalue weighted by Crippen LogP contribution is 2.22. The molecule has 8 heteroatoms. The zero-order valence-corrected chi connectivity index (χ0v) is 16.6. The van der Waals surface area contributed by atoms with Crippen LogP contribution in [0.4, 0.5) is 0 Å². The highest BCUT2D eigenvalue weighted by Gasteiger charge is 2.13. The van der Waals surface area contributed by atoms with Crippen LogP contribution in [0.5, 0.6) is 0 Å². The summed E-state index contributed by atoms with van der Waals surface area (Å²) in [5.41, 5.74) is 2.29. The fourth-order valence-corrected chi connectivity index (χ4v) is 4.06. The fraction of sp³-hybridized carbons (Fsp3) is 0.389. The molecule has 0 saturated heterocycles. The van der Waals surface area contributed by atoms with Crippen LogP contribution in [0.25, 0.3) is 10.2 Å². The van der Waals surface area contributed by atoms with Gasteiger partial charge in [0, 0.05) is 30.4 Å². The molecular weight excluding hydrogens is 372 g/mol. The maximum atomic E-state index is 12.6. The van der Waals surface area contributed by atoms with Gasteiger partial charge in [-0.1, -0.05) is 22.9 Å². The molecule has 0 N–H and O–H groups in total. The summed E-state index contributed by atoms with van der Waals surface area (Å²) in [5, 5.41) is 4.98. The van der Waals surface area contributed by atoms with Crippen molar-refractivity contribution in [3.05, 3.63) is 45.5 Å². The molecule has 26 heavy (non-hydrogen) atoms. The van der Waals surface area contributed by atoms with Gasteiger partial charge in [0.1, 0.15) is 0 Å². The van der Waals surface area contributed by atoms with Crippen molar-refractivity contribution < 1.29 is 9.53 Å². The molecule has 2 heterocycles. The molecule has 3 aromatic rings. The summed E-state index contributed by atoms with van der Waals surface area (Å²) in [7, 11) is 0. The molecule has 0 unspecified atom stereocenters. The number of rotatable bonds is 6. The van der Waals surface area contributed by atoms with E-state index in [4.69, 9.17) is 16.3 Å². The third kappa shape index (κ3) is 3.90. The van der Waals surface area contributed by atoms with Gasteiger partial charge in [0.15, 0.2) is 10.5 Å². The van der Waals surface area contributed by atoms with Crippen molar-refractivity contribution in [1.82, 2.24) is 14.3 Å². The van der Waals surface area contributed by atoms with E-state index >= 15 is 0 Å². The van der Waals surface area contributed by atoms with Crippen molar-refractivity contribution in [2.24, 2.45) is 4.99 Å². The Labute approximate surface area is 160 Å². The molecule has 0 fully saturated rings. The molecule has 1 amide bonds. The van der Waals surface area contributed by atoms with Gasteiger partial charge in [0.25, 0.3) is 5.91 Å². The van der Waals surface area contributed by atoms with Crippen LogP contribution < -0.4 is 4.80 Å². The second kappa shape index (κ2) is 8.16. The second-order valence-corrected chi connectivity index (χ2v) is 7.19. The lowest BCUT2D eigenvalue weighted by atomic mass is 10.3. The minimum atomic E-state index is -0.344. The zero-order chi connectivity index (χ0) is 18.7. The Morgan fingerprint density at radius 3 is 2.85 bits per heavy atom. The largest absolute Gasteiger partial charge is 0.380 e. The lowest BCUT2D eigenvalue weighted by molar-refractivity contribution is 0.0991. The SMILES string of the molecule is CCOCCn1c(=NC(=O)c2cc(C)n(CC)n2)sc2cc(Cl)ccc21. The number of nitrogens with zero attached hydrogens (tertiary/aromatic N) is 4. The smallest absolute Gasteiger partial charge is 0.300 e. The molecule has 0 bridgehead atoms. The number of hydrogen-bond donors (Lipinski definition) is 0. The summed E-state index contributed by atoms with van der Waals surface area (Å²) in [6.07, 6.45) is 0. The number of carbonyl (C=O) groups is 1. The van der Waals surface area contributed by atoms with Gasteiger partial charge < -0.3 is 9.30 Å². The molecule has 1 aromatic carbocycles. The van der Waals surface area contributed by atoms with E-state index < -0.39 is 0 Å². The van der Waals surface area contributed by atoms with E-state index in [2.05, 4.69) is 10.1 Å². The van der Waals surface area contributed by atoms with Crippen LogP contribution >= 0.6 is 22.9 Å². The van der Waals surface area contributed by atoms with E-state index in [1.807, 2.05) is 43.5 Å².